The fraction of sp³-hybridized carbons (Fsp3) is 0.188. The Bertz CT molecular complexity index is 592. The van der Waals surface area contributed by atoms with Crippen LogP contribution in [0.2, 0.25) is 0 Å². The van der Waals surface area contributed by atoms with E-state index in [9.17, 15) is 0 Å². The minimum absolute atomic E-state index is 0.685. The van der Waals surface area contributed by atoms with Gasteiger partial charge in [-0.25, -0.2) is 5.90 Å². The molecule has 0 bridgehead atoms. The lowest BCUT2D eigenvalue weighted by Gasteiger charge is -2.01. The molecule has 118 valence electrons. The summed E-state index contributed by atoms with van der Waals surface area (Å²) in [6.07, 6.45) is 1.67. The average molecular weight is 305 g/mol. The van der Waals surface area contributed by atoms with E-state index < -0.39 is 0 Å². The van der Waals surface area contributed by atoms with Gasteiger partial charge in [0, 0.05) is 18.7 Å². The minimum Gasteiger partial charge on any atom is -0.494 e. The predicted molar refractivity (Wildman–Crippen MR) is 82.6 cm³/mol. The van der Waals surface area contributed by atoms with E-state index in [4.69, 9.17) is 19.5 Å². The minimum atomic E-state index is 0.685. The fourth-order valence-electron chi connectivity index (χ4n) is 1.98. The molecule has 0 unspecified atom stereocenters. The Morgan fingerprint density at radius 1 is 1.09 bits per heavy atom. The van der Waals surface area contributed by atoms with Gasteiger partial charge in [0.15, 0.2) is 0 Å². The van der Waals surface area contributed by atoms with Crippen LogP contribution < -0.4 is 15.6 Å². The standard InChI is InChI=1S/C15H13NO2.CH4O.H3NO/c1-2-17-13-7-5-11(6-8-13)14-10-12-4-3-9-18-15(12)16-14;2*1-2/h3-10H,2H2,1H3;2H,1H3;2H,1H2/p+1. The number of hydrogen-bond donors (Lipinski definition) is 3. The first-order valence-electron chi connectivity index (χ1n) is 6.70. The number of benzene rings is 1. The molecule has 5 N–H and O–H groups in total. The second-order valence-corrected chi connectivity index (χ2v) is 4.04. The Labute approximate surface area is 129 Å². The van der Waals surface area contributed by atoms with E-state index in [-0.39, 0.29) is 0 Å². The van der Waals surface area contributed by atoms with Crippen LogP contribution in [0.5, 0.6) is 5.75 Å². The summed E-state index contributed by atoms with van der Waals surface area (Å²) in [5, 5.41) is 13.5. The maximum absolute atomic E-state index is 7.00. The maximum Gasteiger partial charge on any atom is 0.379 e. The molecule has 0 amide bonds. The van der Waals surface area contributed by atoms with Crippen molar-refractivity contribution >= 4 is 0 Å². The van der Waals surface area contributed by atoms with Crippen molar-refractivity contribution in [3.8, 4) is 28.5 Å². The molecule has 0 radical (unpaired) electrons. The van der Waals surface area contributed by atoms with Crippen molar-refractivity contribution < 1.29 is 24.5 Å². The number of rotatable bonds is 3. The van der Waals surface area contributed by atoms with E-state index >= 15 is 0 Å². The number of aromatic amines is 1. The average Bonchev–Trinajstić information content (AvgIpc) is 3.03. The SMILES string of the molecule is CCOc1ccc(-c2cc3cccoc-3[nH+]2)cc1.CO.NO. The predicted octanol–water partition coefficient (Wildman–Crippen LogP) is 2.21. The van der Waals surface area contributed by atoms with Crippen LogP contribution in [0, 0.1) is 0 Å². The van der Waals surface area contributed by atoms with E-state index in [1.165, 1.54) is 0 Å². The zero-order chi connectivity index (χ0) is 16.4. The lowest BCUT2D eigenvalue weighted by molar-refractivity contribution is -0.361. The number of nitrogens with two attached hydrogens (primary N) is 1. The highest BCUT2D eigenvalue weighted by atomic mass is 16.5. The topological polar surface area (TPSA) is 103 Å². The van der Waals surface area contributed by atoms with Crippen LogP contribution in [0.3, 0.4) is 0 Å². The van der Waals surface area contributed by atoms with Crippen LogP contribution in [-0.2, 0) is 0 Å². The molecule has 2 heterocycles. The molecule has 6 nitrogen and oxygen atoms in total. The van der Waals surface area contributed by atoms with Crippen molar-refractivity contribution in [2.45, 2.75) is 6.92 Å². The molecule has 1 aromatic carbocycles. The fourth-order valence-corrected chi connectivity index (χ4v) is 1.98. The van der Waals surface area contributed by atoms with Crippen LogP contribution in [0.4, 0.5) is 0 Å². The molecular weight excluding hydrogens is 284 g/mol. The van der Waals surface area contributed by atoms with Gasteiger partial charge in [-0.1, -0.05) is 0 Å². The van der Waals surface area contributed by atoms with Gasteiger partial charge in [-0.05, 0) is 43.3 Å². The van der Waals surface area contributed by atoms with E-state index in [0.29, 0.717) is 6.61 Å². The summed E-state index contributed by atoms with van der Waals surface area (Å²) in [6.45, 7) is 2.66. The zero-order valence-corrected chi connectivity index (χ0v) is 12.6. The van der Waals surface area contributed by atoms with Crippen LogP contribution in [0.1, 0.15) is 6.92 Å². The number of H-pyrrole nitrogens is 1. The Morgan fingerprint density at radius 2 is 1.77 bits per heavy atom. The van der Waals surface area contributed by atoms with Crippen LogP contribution in [0.15, 0.2) is 53.1 Å². The lowest BCUT2D eigenvalue weighted by Crippen LogP contribution is -2.03. The van der Waals surface area contributed by atoms with Crippen molar-refractivity contribution in [2.24, 2.45) is 5.90 Å². The summed E-state index contributed by atoms with van der Waals surface area (Å²) in [5.41, 5.74) is 3.23. The zero-order valence-electron chi connectivity index (χ0n) is 12.6. The van der Waals surface area contributed by atoms with E-state index in [0.717, 1.165) is 35.6 Å². The summed E-state index contributed by atoms with van der Waals surface area (Å²) in [7, 11) is 1.00. The molecule has 1 aromatic rings. The largest absolute Gasteiger partial charge is 0.494 e. The van der Waals surface area contributed by atoms with Crippen molar-refractivity contribution in [3.05, 3.63) is 48.7 Å². The number of fused-ring (bicyclic) bond motifs is 1. The molecule has 0 aromatic heterocycles. The quantitative estimate of drug-likeness (QED) is 0.644. The second kappa shape index (κ2) is 9.51. The summed E-state index contributed by atoms with van der Waals surface area (Å²) in [4.78, 5) is 3.26. The van der Waals surface area contributed by atoms with Gasteiger partial charge in [0.05, 0.1) is 18.4 Å². The third-order valence-corrected chi connectivity index (χ3v) is 2.83. The number of aromatic nitrogens is 1. The van der Waals surface area contributed by atoms with Gasteiger partial charge >= 0.3 is 5.89 Å². The first-order chi connectivity index (χ1) is 10.9. The number of hydrogen-bond acceptors (Lipinski definition) is 5. The molecular formula is C16H21N2O4+. The molecule has 0 saturated heterocycles. The van der Waals surface area contributed by atoms with E-state index in [2.05, 4.69) is 16.9 Å². The Balaban J connectivity index is 0.000000561. The van der Waals surface area contributed by atoms with Gasteiger partial charge in [0.2, 0.25) is 5.69 Å². The highest BCUT2D eigenvalue weighted by Gasteiger charge is 2.18. The van der Waals surface area contributed by atoms with Crippen molar-refractivity contribution in [2.75, 3.05) is 13.7 Å². The highest BCUT2D eigenvalue weighted by molar-refractivity contribution is 5.65. The molecule has 2 aliphatic heterocycles. The van der Waals surface area contributed by atoms with Gasteiger partial charge in [-0.2, -0.15) is 4.98 Å². The van der Waals surface area contributed by atoms with Gasteiger partial charge in [-0.3, -0.25) is 0 Å². The Kier molecular flexibility index (Phi) is 7.63. The Morgan fingerprint density at radius 3 is 2.36 bits per heavy atom. The maximum atomic E-state index is 7.00. The molecule has 0 aliphatic carbocycles. The van der Waals surface area contributed by atoms with Crippen LogP contribution in [-0.4, -0.2) is 24.0 Å². The Hall–Kier alpha value is -2.41. The molecule has 0 atom stereocenters. The molecule has 2 aliphatic rings. The molecule has 0 spiro atoms. The summed E-state index contributed by atoms with van der Waals surface area (Å²) in [5.74, 6) is 5.18. The smallest absolute Gasteiger partial charge is 0.379 e. The first-order valence-corrected chi connectivity index (χ1v) is 6.70. The monoisotopic (exact) mass is 305 g/mol. The molecule has 6 heteroatoms. The highest BCUT2D eigenvalue weighted by Crippen LogP contribution is 2.25. The van der Waals surface area contributed by atoms with Crippen LogP contribution in [0.25, 0.3) is 22.7 Å². The van der Waals surface area contributed by atoms with Crippen molar-refractivity contribution in [1.82, 2.24) is 0 Å². The summed E-state index contributed by atoms with van der Waals surface area (Å²) in [6, 6.07) is 14.0. The van der Waals surface area contributed by atoms with Crippen molar-refractivity contribution in [1.29, 1.82) is 0 Å². The van der Waals surface area contributed by atoms with Gasteiger partial charge < -0.3 is 19.5 Å². The van der Waals surface area contributed by atoms with Gasteiger partial charge in [-0.15, -0.1) is 0 Å². The van der Waals surface area contributed by atoms with E-state index in [1.54, 1.807) is 6.26 Å². The molecule has 0 saturated carbocycles. The number of aliphatic hydroxyl groups excluding tert-OH is 1. The first kappa shape index (κ1) is 17.6. The molecule has 22 heavy (non-hydrogen) atoms. The number of aliphatic hydroxyl groups is 1. The van der Waals surface area contributed by atoms with Crippen LogP contribution >= 0.6 is 0 Å². The van der Waals surface area contributed by atoms with Gasteiger partial charge in [0.25, 0.3) is 0 Å². The third kappa shape index (κ3) is 4.29. The van der Waals surface area contributed by atoms with Crippen molar-refractivity contribution in [3.63, 3.8) is 0 Å². The normalized spacial score (nSPS) is 9.32. The number of ether oxygens (including phenoxy) is 1. The molecule has 3 rings (SSSR count). The second-order valence-electron chi connectivity index (χ2n) is 4.04. The lowest BCUT2D eigenvalue weighted by atomic mass is 10.1. The third-order valence-electron chi connectivity index (χ3n) is 2.83. The van der Waals surface area contributed by atoms with E-state index in [1.807, 2.05) is 43.3 Å². The number of nitrogens with one attached hydrogen (secondary N) is 1. The summed E-state index contributed by atoms with van der Waals surface area (Å²) >= 11 is 0. The van der Waals surface area contributed by atoms with Gasteiger partial charge in [0.1, 0.15) is 5.75 Å². The molecule has 0 fully saturated rings. The summed E-state index contributed by atoms with van der Waals surface area (Å²) < 4.78 is 10.8.